The Hall–Kier alpha value is -1.39. The quantitative estimate of drug-likeness (QED) is 0.917. The fourth-order valence-electron chi connectivity index (χ4n) is 2.18. The van der Waals surface area contributed by atoms with E-state index in [0.717, 1.165) is 17.8 Å². The van der Waals surface area contributed by atoms with Gasteiger partial charge in [0, 0.05) is 29.4 Å². The van der Waals surface area contributed by atoms with Gasteiger partial charge in [0.2, 0.25) is 0 Å². The van der Waals surface area contributed by atoms with Crippen LogP contribution >= 0.6 is 11.6 Å². The van der Waals surface area contributed by atoms with E-state index in [-0.39, 0.29) is 5.82 Å². The second-order valence-corrected chi connectivity index (χ2v) is 5.74. The fourth-order valence-corrected chi connectivity index (χ4v) is 2.41. The first-order chi connectivity index (χ1) is 9.61. The van der Waals surface area contributed by atoms with Crippen molar-refractivity contribution in [2.75, 3.05) is 0 Å². The van der Waals surface area contributed by atoms with Gasteiger partial charge in [0.15, 0.2) is 0 Å². The third-order valence-corrected chi connectivity index (χ3v) is 3.91. The van der Waals surface area contributed by atoms with Crippen molar-refractivity contribution in [2.24, 2.45) is 0 Å². The summed E-state index contributed by atoms with van der Waals surface area (Å²) in [5.41, 5.74) is 3.10. The largest absolute Gasteiger partial charge is 0.310 e. The molecule has 1 aromatic carbocycles. The molecule has 1 N–H and O–H groups in total. The van der Waals surface area contributed by atoms with Crippen LogP contribution in [0.5, 0.6) is 0 Å². The molecule has 1 fully saturated rings. The van der Waals surface area contributed by atoms with Crippen LogP contribution in [0.4, 0.5) is 4.39 Å². The first-order valence-corrected chi connectivity index (χ1v) is 7.20. The topological polar surface area (TPSA) is 29.9 Å². The Balaban J connectivity index is 1.71. The maximum absolute atomic E-state index is 13.0. The van der Waals surface area contributed by atoms with Crippen molar-refractivity contribution in [3.8, 4) is 0 Å². The van der Waals surface area contributed by atoms with E-state index in [2.05, 4.69) is 10.4 Å². The van der Waals surface area contributed by atoms with E-state index in [1.165, 1.54) is 30.5 Å². The van der Waals surface area contributed by atoms with Gasteiger partial charge in [0.25, 0.3) is 0 Å². The molecule has 0 saturated heterocycles. The maximum Gasteiger partial charge on any atom is 0.124 e. The van der Waals surface area contributed by atoms with Crippen molar-refractivity contribution in [3.05, 3.63) is 52.1 Å². The first-order valence-electron chi connectivity index (χ1n) is 6.82. The predicted molar refractivity (Wildman–Crippen MR) is 77.3 cm³/mol. The number of hydrogen-bond donors (Lipinski definition) is 1. The van der Waals surface area contributed by atoms with Gasteiger partial charge >= 0.3 is 0 Å². The Labute approximate surface area is 122 Å². The van der Waals surface area contributed by atoms with Gasteiger partial charge in [-0.1, -0.05) is 17.7 Å². The number of nitrogens with one attached hydrogen (secondary N) is 1. The third-order valence-electron chi connectivity index (χ3n) is 3.55. The molecule has 1 saturated carbocycles. The van der Waals surface area contributed by atoms with Crippen LogP contribution in [0.25, 0.3) is 0 Å². The molecule has 1 aromatic heterocycles. The number of aryl methyl sites for hydroxylation is 1. The molecule has 2 aromatic rings. The molecular weight excluding hydrogens is 277 g/mol. The van der Waals surface area contributed by atoms with Crippen molar-refractivity contribution in [1.82, 2.24) is 15.1 Å². The summed E-state index contributed by atoms with van der Waals surface area (Å²) in [6.07, 6.45) is 4.58. The van der Waals surface area contributed by atoms with Crippen LogP contribution in [0.3, 0.4) is 0 Å². The fraction of sp³-hybridized carbons (Fsp3) is 0.400. The number of hydrogen-bond acceptors (Lipinski definition) is 2. The van der Waals surface area contributed by atoms with E-state index in [1.807, 2.05) is 17.8 Å². The minimum absolute atomic E-state index is 0.315. The molecule has 1 aliphatic rings. The Morgan fingerprint density at radius 1 is 1.40 bits per heavy atom. The first kappa shape index (κ1) is 13.6. The molecule has 0 unspecified atom stereocenters. The van der Waals surface area contributed by atoms with E-state index in [0.29, 0.717) is 17.6 Å². The summed E-state index contributed by atoms with van der Waals surface area (Å²) in [4.78, 5) is 0. The average Bonchev–Trinajstić information content (AvgIpc) is 3.15. The number of benzene rings is 1. The zero-order valence-electron chi connectivity index (χ0n) is 11.4. The molecule has 0 radical (unpaired) electrons. The molecule has 106 valence electrons. The van der Waals surface area contributed by atoms with Crippen molar-refractivity contribution < 1.29 is 4.39 Å². The maximum atomic E-state index is 13.0. The summed E-state index contributed by atoms with van der Waals surface area (Å²) in [5.74, 6) is -0.315. The lowest BCUT2D eigenvalue weighted by molar-refractivity contribution is 0.624. The smallest absolute Gasteiger partial charge is 0.124 e. The molecule has 0 bridgehead atoms. The van der Waals surface area contributed by atoms with Crippen LogP contribution < -0.4 is 5.32 Å². The molecule has 3 rings (SSSR count). The van der Waals surface area contributed by atoms with Crippen molar-refractivity contribution in [3.63, 3.8) is 0 Å². The van der Waals surface area contributed by atoms with Crippen LogP contribution in [0, 0.1) is 12.7 Å². The van der Waals surface area contributed by atoms with Gasteiger partial charge in [-0.3, -0.25) is 4.68 Å². The number of nitrogens with zero attached hydrogens (tertiary/aromatic N) is 2. The highest BCUT2D eigenvalue weighted by molar-refractivity contribution is 6.31. The second kappa shape index (κ2) is 5.54. The van der Waals surface area contributed by atoms with Gasteiger partial charge < -0.3 is 5.32 Å². The van der Waals surface area contributed by atoms with Crippen molar-refractivity contribution in [1.29, 1.82) is 0 Å². The van der Waals surface area contributed by atoms with Gasteiger partial charge in [0.05, 0.1) is 12.2 Å². The monoisotopic (exact) mass is 293 g/mol. The van der Waals surface area contributed by atoms with Gasteiger partial charge in [-0.2, -0.15) is 5.10 Å². The molecule has 0 amide bonds. The predicted octanol–water partition coefficient (Wildman–Crippen LogP) is 3.28. The number of halogens is 2. The van der Waals surface area contributed by atoms with E-state index < -0.39 is 0 Å². The Kier molecular flexibility index (Phi) is 3.76. The van der Waals surface area contributed by atoms with E-state index >= 15 is 0 Å². The third kappa shape index (κ3) is 3.19. The summed E-state index contributed by atoms with van der Waals surface area (Å²) >= 11 is 6.04. The van der Waals surface area contributed by atoms with Gasteiger partial charge in [-0.15, -0.1) is 0 Å². The van der Waals surface area contributed by atoms with E-state index in [4.69, 9.17) is 11.6 Å². The highest BCUT2D eigenvalue weighted by Crippen LogP contribution is 2.21. The standard InChI is InChI=1S/C15H17ClFN3/c1-10-12(7-18-14-4-5-14)9-20(19-10)8-11-2-3-13(17)6-15(11)16/h2-3,6,9,14,18H,4-5,7-8H2,1H3. The van der Waals surface area contributed by atoms with Crippen LogP contribution in [0.1, 0.15) is 29.7 Å². The van der Waals surface area contributed by atoms with Gasteiger partial charge in [-0.25, -0.2) is 4.39 Å². The Morgan fingerprint density at radius 3 is 2.90 bits per heavy atom. The molecule has 0 atom stereocenters. The van der Waals surface area contributed by atoms with E-state index in [1.54, 1.807) is 6.07 Å². The minimum Gasteiger partial charge on any atom is -0.310 e. The molecule has 3 nitrogen and oxygen atoms in total. The molecular formula is C15H17ClFN3. The number of aromatic nitrogens is 2. The summed E-state index contributed by atoms with van der Waals surface area (Å²) < 4.78 is 14.9. The molecule has 0 aliphatic heterocycles. The van der Waals surface area contributed by atoms with Crippen molar-refractivity contribution in [2.45, 2.75) is 38.9 Å². The lowest BCUT2D eigenvalue weighted by Crippen LogP contribution is -2.15. The van der Waals surface area contributed by atoms with Crippen LogP contribution in [0.2, 0.25) is 5.02 Å². The Bertz CT molecular complexity index is 620. The molecule has 0 spiro atoms. The molecule has 1 heterocycles. The zero-order chi connectivity index (χ0) is 14.1. The molecule has 20 heavy (non-hydrogen) atoms. The lowest BCUT2D eigenvalue weighted by Gasteiger charge is -2.04. The highest BCUT2D eigenvalue weighted by Gasteiger charge is 2.20. The average molecular weight is 294 g/mol. The van der Waals surface area contributed by atoms with E-state index in [9.17, 15) is 4.39 Å². The summed E-state index contributed by atoms with van der Waals surface area (Å²) in [5, 5.41) is 8.41. The SMILES string of the molecule is Cc1nn(Cc2ccc(F)cc2Cl)cc1CNC1CC1. The van der Waals surface area contributed by atoms with Crippen LogP contribution in [0.15, 0.2) is 24.4 Å². The van der Waals surface area contributed by atoms with Crippen molar-refractivity contribution >= 4 is 11.6 Å². The van der Waals surface area contributed by atoms with Gasteiger partial charge in [-0.05, 0) is 37.5 Å². The molecule has 5 heteroatoms. The lowest BCUT2D eigenvalue weighted by atomic mass is 10.2. The minimum atomic E-state index is -0.315. The zero-order valence-corrected chi connectivity index (χ0v) is 12.1. The van der Waals surface area contributed by atoms with Gasteiger partial charge in [0.1, 0.15) is 5.82 Å². The Morgan fingerprint density at radius 2 is 2.20 bits per heavy atom. The summed E-state index contributed by atoms with van der Waals surface area (Å²) in [6, 6.07) is 5.15. The summed E-state index contributed by atoms with van der Waals surface area (Å²) in [6.45, 7) is 3.42. The van der Waals surface area contributed by atoms with Crippen LogP contribution in [-0.4, -0.2) is 15.8 Å². The summed E-state index contributed by atoms with van der Waals surface area (Å²) in [7, 11) is 0. The number of rotatable bonds is 5. The highest BCUT2D eigenvalue weighted by atomic mass is 35.5. The molecule has 1 aliphatic carbocycles. The van der Waals surface area contributed by atoms with Crippen LogP contribution in [-0.2, 0) is 13.1 Å². The normalized spacial score (nSPS) is 14.8. The second-order valence-electron chi connectivity index (χ2n) is 5.33.